The highest BCUT2D eigenvalue weighted by molar-refractivity contribution is 5.95. The Balaban J connectivity index is 1.18. The summed E-state index contributed by atoms with van der Waals surface area (Å²) >= 11 is 0. The summed E-state index contributed by atoms with van der Waals surface area (Å²) in [6.45, 7) is 3.70. The van der Waals surface area contributed by atoms with Crippen LogP contribution in [-0.4, -0.2) is 113 Å². The highest BCUT2D eigenvalue weighted by Gasteiger charge is 2.69. The molecule has 250 valence electrons. The Morgan fingerprint density at radius 1 is 0.913 bits per heavy atom. The predicted octanol–water partition coefficient (Wildman–Crippen LogP) is 5.31. The number of para-hydroxylation sites is 1. The van der Waals surface area contributed by atoms with Crippen molar-refractivity contribution in [3.05, 3.63) is 59.8 Å². The van der Waals surface area contributed by atoms with Crippen molar-refractivity contribution in [1.29, 1.82) is 0 Å². The zero-order chi connectivity index (χ0) is 32.7. The molecule has 0 radical (unpaired) electrons. The van der Waals surface area contributed by atoms with E-state index in [2.05, 4.69) is 9.88 Å². The maximum atomic E-state index is 13.9. The number of hydrogen-bond donors (Lipinski definition) is 1. The van der Waals surface area contributed by atoms with Crippen LogP contribution in [0.2, 0.25) is 0 Å². The number of carbonyl (C=O) groups excluding carboxylic acids is 2. The van der Waals surface area contributed by atoms with Crippen molar-refractivity contribution < 1.29 is 35.9 Å². The molecule has 6 rings (SSSR count). The van der Waals surface area contributed by atoms with Gasteiger partial charge in [0.15, 0.2) is 5.41 Å². The number of fused-ring (bicyclic) bond motifs is 1. The number of piperazine rings is 2. The van der Waals surface area contributed by atoms with Crippen molar-refractivity contribution >= 4 is 22.7 Å². The molecule has 4 aliphatic rings. The van der Waals surface area contributed by atoms with Gasteiger partial charge in [-0.05, 0) is 30.9 Å². The van der Waals surface area contributed by atoms with E-state index in [1.54, 1.807) is 0 Å². The van der Waals surface area contributed by atoms with Crippen LogP contribution >= 0.6 is 0 Å². The average Bonchev–Trinajstić information content (AvgIpc) is 3.71. The molecule has 1 saturated carbocycles. The summed E-state index contributed by atoms with van der Waals surface area (Å²) in [6.07, 6.45) is -3.91. The third-order valence-electron chi connectivity index (χ3n) is 10.3. The third kappa shape index (κ3) is 6.32. The Bertz CT molecular complexity index is 1470. The molecular formula is C33H39F6N5O2. The first kappa shape index (κ1) is 32.6. The van der Waals surface area contributed by atoms with Gasteiger partial charge in [-0.15, -0.1) is 0 Å². The Morgan fingerprint density at radius 2 is 1.61 bits per heavy atom. The smallest absolute Gasteiger partial charge is 0.361 e. The Labute approximate surface area is 263 Å². The molecule has 0 unspecified atom stereocenters. The summed E-state index contributed by atoms with van der Waals surface area (Å²) < 4.78 is 83.4. The predicted molar refractivity (Wildman–Crippen MR) is 161 cm³/mol. The number of hydrogen-bond acceptors (Lipinski definition) is 4. The summed E-state index contributed by atoms with van der Waals surface area (Å²) in [5.74, 6) is -0.863. The van der Waals surface area contributed by atoms with Crippen LogP contribution in [-0.2, 0) is 16.0 Å². The lowest BCUT2D eigenvalue weighted by Gasteiger charge is -2.44. The van der Waals surface area contributed by atoms with Gasteiger partial charge in [0.05, 0.1) is 6.54 Å². The average molecular weight is 652 g/mol. The van der Waals surface area contributed by atoms with Crippen molar-refractivity contribution in [2.75, 3.05) is 52.4 Å². The summed E-state index contributed by atoms with van der Waals surface area (Å²) in [7, 11) is 0. The summed E-state index contributed by atoms with van der Waals surface area (Å²) in [6, 6.07) is 7.57. The summed E-state index contributed by atoms with van der Waals surface area (Å²) in [4.78, 5) is 38.0. The first-order chi connectivity index (χ1) is 21.9. The Morgan fingerprint density at radius 3 is 2.30 bits per heavy atom. The number of aromatic amines is 1. The molecule has 2 aromatic rings. The van der Waals surface area contributed by atoms with Gasteiger partial charge in [-0.25, -0.2) is 0 Å². The second-order valence-corrected chi connectivity index (χ2v) is 13.0. The van der Waals surface area contributed by atoms with E-state index in [4.69, 9.17) is 0 Å². The molecule has 7 nitrogen and oxygen atoms in total. The molecule has 1 aromatic carbocycles. The molecule has 13 heteroatoms. The van der Waals surface area contributed by atoms with Crippen LogP contribution in [0.25, 0.3) is 10.9 Å². The number of aromatic nitrogens is 1. The van der Waals surface area contributed by atoms with Gasteiger partial charge in [0.1, 0.15) is 0 Å². The summed E-state index contributed by atoms with van der Waals surface area (Å²) in [5.41, 5.74) is -2.93. The van der Waals surface area contributed by atoms with E-state index >= 15 is 0 Å². The largest absolute Gasteiger partial charge is 0.406 e. The minimum absolute atomic E-state index is 0.0167. The van der Waals surface area contributed by atoms with Gasteiger partial charge in [-0.2, -0.15) is 26.3 Å². The normalized spacial score (nSPS) is 23.7. The number of rotatable bonds is 6. The minimum atomic E-state index is -5.63. The van der Waals surface area contributed by atoms with Gasteiger partial charge < -0.3 is 14.8 Å². The first-order valence-electron chi connectivity index (χ1n) is 16.0. The molecule has 1 atom stereocenters. The summed E-state index contributed by atoms with van der Waals surface area (Å²) in [5, 5.41) is 0.913. The molecule has 3 heterocycles. The molecule has 2 aliphatic heterocycles. The fourth-order valence-electron chi connectivity index (χ4n) is 7.59. The monoisotopic (exact) mass is 651 g/mol. The second kappa shape index (κ2) is 12.7. The highest BCUT2D eigenvalue weighted by Crippen LogP contribution is 2.56. The van der Waals surface area contributed by atoms with Gasteiger partial charge in [-0.1, -0.05) is 49.3 Å². The van der Waals surface area contributed by atoms with Crippen molar-refractivity contribution in [2.24, 2.45) is 5.41 Å². The van der Waals surface area contributed by atoms with E-state index in [1.807, 2.05) is 40.3 Å². The van der Waals surface area contributed by atoms with E-state index < -0.39 is 41.7 Å². The van der Waals surface area contributed by atoms with E-state index in [0.717, 1.165) is 35.6 Å². The molecular weight excluding hydrogens is 612 g/mol. The Kier molecular flexibility index (Phi) is 9.01. The van der Waals surface area contributed by atoms with Gasteiger partial charge in [0.2, 0.25) is 11.8 Å². The van der Waals surface area contributed by atoms with E-state index in [1.165, 1.54) is 30.6 Å². The Hall–Kier alpha value is -3.32. The van der Waals surface area contributed by atoms with Crippen LogP contribution in [0.15, 0.2) is 54.3 Å². The molecule has 3 fully saturated rings. The van der Waals surface area contributed by atoms with Crippen molar-refractivity contribution in [3.63, 3.8) is 0 Å². The number of nitrogens with zero attached hydrogens (tertiary/aromatic N) is 4. The number of amides is 2. The van der Waals surface area contributed by atoms with E-state index in [-0.39, 0.29) is 38.2 Å². The lowest BCUT2D eigenvalue weighted by molar-refractivity contribution is -0.321. The standard InChI is InChI=1S/C33H39F6N5O2/c34-32(35,36)31(33(37,38)39)11-5-6-23(19-31)30(46)44-17-12-41(21-26(44)18-24-20-40-28-10-4-3-9-27(24)28)22-29(45)43-15-13-42(14-16-43)25-7-1-2-8-25/h3-6,9-11,20,25-26,40H,1-2,7-8,12-19,21-22H2/t26-/m1/s1. The molecule has 0 spiro atoms. The van der Waals surface area contributed by atoms with Gasteiger partial charge >= 0.3 is 12.4 Å². The number of alkyl halides is 6. The van der Waals surface area contributed by atoms with Crippen LogP contribution in [0, 0.1) is 5.41 Å². The zero-order valence-electron chi connectivity index (χ0n) is 25.5. The topological polar surface area (TPSA) is 62.9 Å². The number of benzene rings is 1. The van der Waals surface area contributed by atoms with E-state index in [9.17, 15) is 35.9 Å². The SMILES string of the molecule is O=C(CN1CCN(C(=O)C2=CC=CC(C(F)(F)F)(C(F)(F)F)C2)[C@H](Cc2c[nH]c3ccccc23)C1)N1CCN(C2CCCC2)CC1. The van der Waals surface area contributed by atoms with Crippen LogP contribution < -0.4 is 0 Å². The van der Waals surface area contributed by atoms with Crippen LogP contribution in [0.5, 0.6) is 0 Å². The van der Waals surface area contributed by atoms with Gasteiger partial charge in [0.25, 0.3) is 0 Å². The fraction of sp³-hybridized carbons (Fsp3) is 0.576. The molecule has 1 N–H and O–H groups in total. The van der Waals surface area contributed by atoms with Crippen LogP contribution in [0.3, 0.4) is 0 Å². The molecule has 2 aliphatic carbocycles. The fourth-order valence-corrected chi connectivity index (χ4v) is 7.59. The van der Waals surface area contributed by atoms with Gasteiger partial charge in [-0.3, -0.25) is 19.4 Å². The zero-order valence-corrected chi connectivity index (χ0v) is 25.5. The lowest BCUT2D eigenvalue weighted by Crippen LogP contribution is -2.59. The first-order valence-corrected chi connectivity index (χ1v) is 16.0. The van der Waals surface area contributed by atoms with Crippen molar-refractivity contribution in [2.45, 2.75) is 63.0 Å². The molecule has 1 aromatic heterocycles. The number of H-pyrrole nitrogens is 1. The van der Waals surface area contributed by atoms with Crippen LogP contribution in [0.1, 0.15) is 37.7 Å². The maximum absolute atomic E-state index is 13.9. The lowest BCUT2D eigenvalue weighted by atomic mass is 9.76. The third-order valence-corrected chi connectivity index (χ3v) is 10.3. The number of allylic oxidation sites excluding steroid dienone is 3. The number of halogens is 6. The quantitative estimate of drug-likeness (QED) is 0.431. The maximum Gasteiger partial charge on any atom is 0.406 e. The molecule has 0 bridgehead atoms. The minimum Gasteiger partial charge on any atom is -0.361 e. The molecule has 2 amide bonds. The highest BCUT2D eigenvalue weighted by atomic mass is 19.4. The van der Waals surface area contributed by atoms with Crippen LogP contribution in [0.4, 0.5) is 26.3 Å². The van der Waals surface area contributed by atoms with E-state index in [0.29, 0.717) is 31.6 Å². The molecule has 46 heavy (non-hydrogen) atoms. The number of nitrogens with one attached hydrogen (secondary N) is 1. The second-order valence-electron chi connectivity index (χ2n) is 13.0. The van der Waals surface area contributed by atoms with Crippen molar-refractivity contribution in [3.8, 4) is 0 Å². The van der Waals surface area contributed by atoms with Crippen molar-refractivity contribution in [1.82, 2.24) is 24.6 Å². The van der Waals surface area contributed by atoms with Gasteiger partial charge in [0, 0.05) is 87.0 Å². The molecule has 2 saturated heterocycles. The number of carbonyl (C=O) groups is 2.